The van der Waals surface area contributed by atoms with E-state index >= 15 is 0 Å². The number of ketones is 1. The fourth-order valence-corrected chi connectivity index (χ4v) is 5.20. The molecule has 3 aliphatic rings. The molecule has 0 radical (unpaired) electrons. The Balaban J connectivity index is 1.83. The molecular weight excluding hydrogens is 388 g/mol. The lowest BCUT2D eigenvalue weighted by atomic mass is 9.67. The van der Waals surface area contributed by atoms with Crippen molar-refractivity contribution >= 4 is 16.8 Å². The number of nitriles is 1. The normalized spacial score (nSPS) is 21.3. The van der Waals surface area contributed by atoms with Crippen LogP contribution in [0, 0.1) is 25.2 Å². The molecule has 6 heteroatoms. The molecule has 2 heterocycles. The van der Waals surface area contributed by atoms with Gasteiger partial charge in [0.25, 0.3) is 0 Å². The van der Waals surface area contributed by atoms with Crippen LogP contribution in [0.1, 0.15) is 35.2 Å². The molecule has 1 spiro atoms. The molecule has 0 amide bonds. The van der Waals surface area contributed by atoms with E-state index in [1.54, 1.807) is 0 Å². The van der Waals surface area contributed by atoms with Crippen LogP contribution in [-0.2, 0) is 14.9 Å². The van der Waals surface area contributed by atoms with Crippen LogP contribution in [0.4, 0.5) is 0 Å². The molecule has 2 aliphatic carbocycles. The summed E-state index contributed by atoms with van der Waals surface area (Å²) in [6, 6.07) is 14.0. The SMILES string of the molecule is Cc1cc2nc3c(nc2cc1C)C1(C(C#N)=C(N)OC2=C1C(=O)CC2)c1ccccc1-3. The van der Waals surface area contributed by atoms with Crippen molar-refractivity contribution < 1.29 is 9.53 Å². The van der Waals surface area contributed by atoms with Gasteiger partial charge in [-0.15, -0.1) is 0 Å². The third-order valence-corrected chi connectivity index (χ3v) is 6.70. The largest absolute Gasteiger partial charge is 0.444 e. The van der Waals surface area contributed by atoms with Gasteiger partial charge in [0, 0.05) is 18.4 Å². The number of fused-ring (bicyclic) bond motifs is 7. The van der Waals surface area contributed by atoms with Gasteiger partial charge in [-0.25, -0.2) is 9.97 Å². The molecule has 6 rings (SSSR count). The number of aromatic nitrogens is 2. The van der Waals surface area contributed by atoms with E-state index in [1.807, 2.05) is 50.2 Å². The number of carbonyl (C=O) groups excluding carboxylic acids is 1. The first-order valence-corrected chi connectivity index (χ1v) is 10.2. The van der Waals surface area contributed by atoms with Gasteiger partial charge in [0.2, 0.25) is 5.88 Å². The second kappa shape index (κ2) is 5.79. The smallest absolute Gasteiger partial charge is 0.205 e. The Hall–Kier alpha value is -3.98. The van der Waals surface area contributed by atoms with Gasteiger partial charge in [-0.3, -0.25) is 4.79 Å². The maximum absolute atomic E-state index is 13.2. The van der Waals surface area contributed by atoms with Gasteiger partial charge in [-0.05, 0) is 42.7 Å². The minimum Gasteiger partial charge on any atom is -0.444 e. The Labute approximate surface area is 178 Å². The molecule has 2 aromatic carbocycles. The van der Waals surface area contributed by atoms with Crippen molar-refractivity contribution in [1.82, 2.24) is 9.97 Å². The Morgan fingerprint density at radius 2 is 1.81 bits per heavy atom. The molecule has 1 unspecified atom stereocenters. The predicted octanol–water partition coefficient (Wildman–Crippen LogP) is 3.85. The molecule has 0 bridgehead atoms. The molecule has 1 atom stereocenters. The fourth-order valence-electron chi connectivity index (χ4n) is 5.20. The Kier molecular flexibility index (Phi) is 3.34. The second-order valence-corrected chi connectivity index (χ2v) is 8.32. The van der Waals surface area contributed by atoms with E-state index < -0.39 is 5.41 Å². The third kappa shape index (κ3) is 2.03. The number of allylic oxidation sites excluding steroid dienone is 3. The number of rotatable bonds is 0. The average molecular weight is 406 g/mol. The van der Waals surface area contributed by atoms with Gasteiger partial charge in [0.1, 0.15) is 22.8 Å². The van der Waals surface area contributed by atoms with Crippen molar-refractivity contribution in [3.8, 4) is 17.3 Å². The number of hydrogen-bond donors (Lipinski definition) is 1. The lowest BCUT2D eigenvalue weighted by Gasteiger charge is -2.35. The van der Waals surface area contributed by atoms with Crippen LogP contribution in [0.3, 0.4) is 0 Å². The van der Waals surface area contributed by atoms with E-state index in [4.69, 9.17) is 20.4 Å². The summed E-state index contributed by atoms with van der Waals surface area (Å²) in [6.07, 6.45) is 0.793. The summed E-state index contributed by atoms with van der Waals surface area (Å²) in [4.78, 5) is 23.2. The maximum atomic E-state index is 13.2. The van der Waals surface area contributed by atoms with Crippen LogP contribution in [0.25, 0.3) is 22.3 Å². The minimum absolute atomic E-state index is 0.0283. The van der Waals surface area contributed by atoms with Crippen LogP contribution in [0.15, 0.2) is 59.2 Å². The lowest BCUT2D eigenvalue weighted by Crippen LogP contribution is -2.38. The fraction of sp³-hybridized carbons (Fsp3) is 0.200. The first-order valence-electron chi connectivity index (χ1n) is 10.2. The van der Waals surface area contributed by atoms with E-state index in [1.165, 1.54) is 0 Å². The van der Waals surface area contributed by atoms with Crippen LogP contribution in [0.2, 0.25) is 0 Å². The van der Waals surface area contributed by atoms with Crippen molar-refractivity contribution in [2.75, 3.05) is 0 Å². The average Bonchev–Trinajstić information content (AvgIpc) is 3.25. The standard InChI is InChI=1S/C25H18N4O2/c1-12-9-17-18(10-13(12)2)29-23-22(28-17)14-5-3-4-6-15(14)25(23)16(11-26)24(27)31-20-8-7-19(30)21(20)25/h3-6,9-10H,7-8,27H2,1-2H3. The number of aryl methyl sites for hydroxylation is 2. The van der Waals surface area contributed by atoms with Crippen molar-refractivity contribution in [2.24, 2.45) is 5.73 Å². The number of carbonyl (C=O) groups is 1. The van der Waals surface area contributed by atoms with Gasteiger partial charge >= 0.3 is 0 Å². The molecule has 31 heavy (non-hydrogen) atoms. The monoisotopic (exact) mass is 406 g/mol. The quantitative estimate of drug-likeness (QED) is 0.608. The summed E-state index contributed by atoms with van der Waals surface area (Å²) in [7, 11) is 0. The van der Waals surface area contributed by atoms with Gasteiger partial charge in [-0.2, -0.15) is 5.26 Å². The van der Waals surface area contributed by atoms with E-state index in [9.17, 15) is 10.1 Å². The highest BCUT2D eigenvalue weighted by atomic mass is 16.5. The highest BCUT2D eigenvalue weighted by Gasteiger charge is 2.59. The first-order chi connectivity index (χ1) is 15.0. The van der Waals surface area contributed by atoms with Crippen LogP contribution >= 0.6 is 0 Å². The number of benzene rings is 2. The van der Waals surface area contributed by atoms with Gasteiger partial charge in [-0.1, -0.05) is 24.3 Å². The van der Waals surface area contributed by atoms with Crippen LogP contribution < -0.4 is 5.73 Å². The zero-order valence-corrected chi connectivity index (χ0v) is 17.1. The molecule has 0 saturated carbocycles. The molecule has 0 saturated heterocycles. The summed E-state index contributed by atoms with van der Waals surface area (Å²) in [5.74, 6) is 0.520. The Morgan fingerprint density at radius 1 is 1.10 bits per heavy atom. The van der Waals surface area contributed by atoms with E-state index in [0.29, 0.717) is 35.6 Å². The van der Waals surface area contributed by atoms with Crippen molar-refractivity contribution in [2.45, 2.75) is 32.1 Å². The Bertz CT molecular complexity index is 1470. The zero-order chi connectivity index (χ0) is 21.5. The highest BCUT2D eigenvalue weighted by molar-refractivity contribution is 6.06. The summed E-state index contributed by atoms with van der Waals surface area (Å²) in [5, 5.41) is 10.2. The van der Waals surface area contributed by atoms with Crippen molar-refractivity contribution in [3.05, 3.63) is 81.6 Å². The molecule has 2 N–H and O–H groups in total. The minimum atomic E-state index is -1.19. The van der Waals surface area contributed by atoms with Crippen molar-refractivity contribution in [3.63, 3.8) is 0 Å². The van der Waals surface area contributed by atoms with Crippen LogP contribution in [-0.4, -0.2) is 15.8 Å². The summed E-state index contributed by atoms with van der Waals surface area (Å²) >= 11 is 0. The number of Topliss-reactive ketones (excluding diaryl/α,β-unsaturated/α-hetero) is 1. The zero-order valence-electron chi connectivity index (χ0n) is 17.1. The van der Waals surface area contributed by atoms with Crippen LogP contribution in [0.5, 0.6) is 0 Å². The molecular formula is C25H18N4O2. The summed E-state index contributed by atoms with van der Waals surface area (Å²) in [6.45, 7) is 4.07. The van der Waals surface area contributed by atoms with Gasteiger partial charge in [0.15, 0.2) is 5.78 Å². The van der Waals surface area contributed by atoms with Crippen molar-refractivity contribution in [1.29, 1.82) is 5.26 Å². The predicted molar refractivity (Wildman–Crippen MR) is 114 cm³/mol. The number of nitrogens with zero attached hydrogens (tertiary/aromatic N) is 3. The topological polar surface area (TPSA) is 102 Å². The molecule has 150 valence electrons. The number of ether oxygens (including phenoxy) is 1. The number of hydrogen-bond acceptors (Lipinski definition) is 6. The third-order valence-electron chi connectivity index (χ3n) is 6.70. The maximum Gasteiger partial charge on any atom is 0.205 e. The van der Waals surface area contributed by atoms with Gasteiger partial charge < -0.3 is 10.5 Å². The molecule has 0 fully saturated rings. The second-order valence-electron chi connectivity index (χ2n) is 8.32. The Morgan fingerprint density at radius 3 is 2.55 bits per heavy atom. The number of nitrogens with two attached hydrogens (primary N) is 1. The molecule has 1 aromatic heterocycles. The highest BCUT2D eigenvalue weighted by Crippen LogP contribution is 2.59. The molecule has 3 aromatic rings. The first kappa shape index (κ1) is 17.8. The van der Waals surface area contributed by atoms with E-state index in [0.717, 1.165) is 33.3 Å². The van der Waals surface area contributed by atoms with Gasteiger partial charge in [0.05, 0.1) is 28.0 Å². The molecule has 6 nitrogen and oxygen atoms in total. The lowest BCUT2D eigenvalue weighted by molar-refractivity contribution is -0.115. The summed E-state index contributed by atoms with van der Waals surface area (Å²) in [5.41, 5.74) is 12.4. The van der Waals surface area contributed by atoms with E-state index in [2.05, 4.69) is 6.07 Å². The summed E-state index contributed by atoms with van der Waals surface area (Å²) < 4.78 is 5.77. The van der Waals surface area contributed by atoms with E-state index in [-0.39, 0.29) is 17.2 Å². The molecule has 1 aliphatic heterocycles.